The van der Waals surface area contributed by atoms with Crippen molar-refractivity contribution in [3.63, 3.8) is 0 Å². The molecule has 0 N–H and O–H groups in total. The molecule has 0 aliphatic heterocycles. The quantitative estimate of drug-likeness (QED) is 0.428. The maximum atomic E-state index is 10.3. The summed E-state index contributed by atoms with van der Waals surface area (Å²) in [6.07, 6.45) is 0. The highest BCUT2D eigenvalue weighted by Gasteiger charge is 2.13. The lowest BCUT2D eigenvalue weighted by Crippen LogP contribution is -3.61. The fourth-order valence-corrected chi connectivity index (χ4v) is 4.55. The van der Waals surface area contributed by atoms with E-state index >= 15 is 0 Å². The topological polar surface area (TPSA) is 57.2 Å². The van der Waals surface area contributed by atoms with Crippen LogP contribution in [0.2, 0.25) is 0 Å². The molecule has 3 aromatic rings. The average Bonchev–Trinajstić information content (AvgIpc) is 2.60. The van der Waals surface area contributed by atoms with Gasteiger partial charge in [0.2, 0.25) is 0 Å². The molecule has 0 spiro atoms. The van der Waals surface area contributed by atoms with Crippen LogP contribution in [0.4, 0.5) is 0 Å². The molecule has 5 heteroatoms. The van der Waals surface area contributed by atoms with Crippen LogP contribution < -0.4 is 21.2 Å². The van der Waals surface area contributed by atoms with E-state index in [0.717, 1.165) is 0 Å². The Balaban J connectivity index is 0.000000196. The summed E-state index contributed by atoms with van der Waals surface area (Å²) in [5, 5.41) is 0. The van der Waals surface area contributed by atoms with Crippen LogP contribution in [0.1, 0.15) is 11.1 Å². The standard InChI is InChI=1S/C14H14I.C6H6O3S/c1-11-3-7-13(8-4-11)15-14-9-5-12(2)6-10-14;7-10(8,9)6-4-2-1-3-5-6/h3-10H,1-2H3;1-5H,(H,7,8,9)/q+1;/p-1. The summed E-state index contributed by atoms with van der Waals surface area (Å²) in [6.45, 7) is 4.27. The highest BCUT2D eigenvalue weighted by atomic mass is 127. The van der Waals surface area contributed by atoms with Crippen LogP contribution in [-0.2, 0) is 10.1 Å². The molecule has 3 rings (SSSR count). The van der Waals surface area contributed by atoms with Crippen LogP contribution in [-0.4, -0.2) is 13.0 Å². The number of rotatable bonds is 3. The SMILES string of the molecule is Cc1ccc([I+]c2ccc(C)cc2)cc1.O=S(=O)([O-])c1ccccc1. The first-order valence-electron chi connectivity index (χ1n) is 7.64. The molecule has 0 atom stereocenters. The van der Waals surface area contributed by atoms with E-state index in [9.17, 15) is 13.0 Å². The highest BCUT2D eigenvalue weighted by Crippen LogP contribution is 2.05. The van der Waals surface area contributed by atoms with Gasteiger partial charge in [0.05, 0.1) is 4.90 Å². The normalized spacial score (nSPS) is 10.7. The first kappa shape index (κ1) is 19.6. The third-order valence-corrected chi connectivity index (χ3v) is 6.81. The Bertz CT molecular complexity index is 844. The van der Waals surface area contributed by atoms with E-state index in [0.29, 0.717) is 0 Å². The van der Waals surface area contributed by atoms with Gasteiger partial charge in [-0.3, -0.25) is 0 Å². The van der Waals surface area contributed by atoms with E-state index in [2.05, 4.69) is 62.4 Å². The van der Waals surface area contributed by atoms with Gasteiger partial charge in [0.1, 0.15) is 10.1 Å². The number of halogens is 1. The Morgan fingerprint density at radius 1 is 0.680 bits per heavy atom. The summed E-state index contributed by atoms with van der Waals surface area (Å²) in [7, 11) is -4.25. The van der Waals surface area contributed by atoms with Crippen LogP contribution in [0.3, 0.4) is 0 Å². The average molecular weight is 466 g/mol. The molecule has 0 saturated carbocycles. The molecule has 0 aliphatic rings. The fraction of sp³-hybridized carbons (Fsp3) is 0.100. The fourth-order valence-electron chi connectivity index (χ4n) is 1.91. The Hall–Kier alpha value is -1.70. The highest BCUT2D eigenvalue weighted by molar-refractivity contribution is 7.85. The van der Waals surface area contributed by atoms with E-state index in [1.807, 2.05) is 0 Å². The minimum Gasteiger partial charge on any atom is -0.744 e. The van der Waals surface area contributed by atoms with Crippen molar-refractivity contribution >= 4 is 10.1 Å². The van der Waals surface area contributed by atoms with Gasteiger partial charge in [-0.05, 0) is 50.2 Å². The molecule has 0 bridgehead atoms. The molecular weight excluding hydrogens is 447 g/mol. The number of aryl methyl sites for hydroxylation is 2. The van der Waals surface area contributed by atoms with Gasteiger partial charge in [-0.2, -0.15) is 0 Å². The second-order valence-electron chi connectivity index (χ2n) is 5.45. The largest absolute Gasteiger partial charge is 0.744 e. The van der Waals surface area contributed by atoms with Crippen molar-refractivity contribution in [3.05, 3.63) is 97.1 Å². The molecule has 3 nitrogen and oxygen atoms in total. The summed E-state index contributed by atoms with van der Waals surface area (Å²) >= 11 is 0.00313. The zero-order valence-electron chi connectivity index (χ0n) is 14.0. The number of benzene rings is 3. The van der Waals surface area contributed by atoms with Gasteiger partial charge in [-0.25, -0.2) is 8.42 Å². The summed E-state index contributed by atoms with van der Waals surface area (Å²) < 4.78 is 33.8. The maximum Gasteiger partial charge on any atom is 0.357 e. The molecule has 0 radical (unpaired) electrons. The molecule has 0 saturated heterocycles. The van der Waals surface area contributed by atoms with Crippen molar-refractivity contribution in [2.45, 2.75) is 18.7 Å². The Kier molecular flexibility index (Phi) is 7.16. The van der Waals surface area contributed by atoms with Crippen molar-refractivity contribution in [1.82, 2.24) is 0 Å². The predicted molar refractivity (Wildman–Crippen MR) is 94.2 cm³/mol. The van der Waals surface area contributed by atoms with Crippen LogP contribution in [0.25, 0.3) is 0 Å². The van der Waals surface area contributed by atoms with Gasteiger partial charge in [-0.1, -0.05) is 53.6 Å². The summed E-state index contributed by atoms with van der Waals surface area (Å²) in [5.74, 6) is 0. The van der Waals surface area contributed by atoms with Crippen molar-refractivity contribution in [1.29, 1.82) is 0 Å². The Morgan fingerprint density at radius 3 is 1.40 bits per heavy atom. The van der Waals surface area contributed by atoms with E-state index < -0.39 is 10.1 Å². The first-order valence-corrected chi connectivity index (χ1v) is 11.2. The number of hydrogen-bond donors (Lipinski definition) is 0. The smallest absolute Gasteiger partial charge is 0.357 e. The lowest BCUT2D eigenvalue weighted by Gasteiger charge is -2.04. The van der Waals surface area contributed by atoms with Crippen molar-refractivity contribution in [2.24, 2.45) is 0 Å². The summed E-state index contributed by atoms with van der Waals surface area (Å²) in [4.78, 5) is -0.185. The van der Waals surface area contributed by atoms with Gasteiger partial charge in [-0.15, -0.1) is 0 Å². The second-order valence-corrected chi connectivity index (χ2v) is 9.86. The van der Waals surface area contributed by atoms with Gasteiger partial charge in [0, 0.05) is 0 Å². The molecule has 0 unspecified atom stereocenters. The Morgan fingerprint density at radius 2 is 1.08 bits per heavy atom. The van der Waals surface area contributed by atoms with Gasteiger partial charge < -0.3 is 4.55 Å². The molecule has 0 aromatic heterocycles. The molecule has 0 aliphatic carbocycles. The van der Waals surface area contributed by atoms with E-state index in [4.69, 9.17) is 0 Å². The lowest BCUT2D eigenvalue weighted by atomic mass is 10.2. The predicted octanol–water partition coefficient (Wildman–Crippen LogP) is 1.02. The van der Waals surface area contributed by atoms with Crippen molar-refractivity contribution in [2.75, 3.05) is 0 Å². The van der Waals surface area contributed by atoms with Crippen molar-refractivity contribution in [3.8, 4) is 0 Å². The summed E-state index contributed by atoms with van der Waals surface area (Å²) in [6, 6.07) is 25.0. The van der Waals surface area contributed by atoms with Crippen LogP contribution in [0.15, 0.2) is 83.8 Å². The van der Waals surface area contributed by atoms with E-state index in [1.54, 1.807) is 6.07 Å². The minimum absolute atomic E-state index is 0.00313. The van der Waals surface area contributed by atoms with E-state index in [-0.39, 0.29) is 26.1 Å². The maximum absolute atomic E-state index is 10.3. The third-order valence-electron chi connectivity index (χ3n) is 3.27. The molecule has 130 valence electrons. The molecular formula is C20H19IO3S. The zero-order valence-corrected chi connectivity index (χ0v) is 17.0. The molecule has 0 fully saturated rings. The lowest BCUT2D eigenvalue weighted by molar-refractivity contribution is -0.597. The van der Waals surface area contributed by atoms with Gasteiger partial charge >= 0.3 is 21.2 Å². The van der Waals surface area contributed by atoms with E-state index in [1.165, 1.54) is 42.5 Å². The summed E-state index contributed by atoms with van der Waals surface area (Å²) in [5.41, 5.74) is 2.68. The molecule has 25 heavy (non-hydrogen) atoms. The van der Waals surface area contributed by atoms with Crippen LogP contribution in [0, 0.1) is 21.0 Å². The molecule has 0 amide bonds. The Labute approximate surface area is 159 Å². The van der Waals surface area contributed by atoms with Crippen molar-refractivity contribution < 1.29 is 34.2 Å². The third kappa shape index (κ3) is 6.97. The molecule has 0 heterocycles. The number of hydrogen-bond acceptors (Lipinski definition) is 3. The molecule has 3 aromatic carbocycles. The first-order chi connectivity index (χ1) is 11.8. The minimum atomic E-state index is -4.25. The van der Waals surface area contributed by atoms with Crippen LogP contribution in [0.5, 0.6) is 0 Å². The second kappa shape index (κ2) is 9.12. The van der Waals surface area contributed by atoms with Crippen LogP contribution >= 0.6 is 0 Å². The van der Waals surface area contributed by atoms with Gasteiger partial charge in [0.25, 0.3) is 0 Å². The zero-order chi connectivity index (χ0) is 18.3. The van der Waals surface area contributed by atoms with Gasteiger partial charge in [0.15, 0.2) is 7.14 Å². The monoisotopic (exact) mass is 466 g/mol.